The van der Waals surface area contributed by atoms with E-state index in [4.69, 9.17) is 11.0 Å². The highest BCUT2D eigenvalue weighted by Gasteiger charge is 2.32. The molecule has 1 saturated heterocycles. The fraction of sp³-hybridized carbons (Fsp3) is 0.300. The van der Waals surface area contributed by atoms with E-state index in [0.29, 0.717) is 18.2 Å². The maximum atomic E-state index is 8.60. The molecule has 3 nitrogen and oxygen atoms in total. The van der Waals surface area contributed by atoms with Gasteiger partial charge >= 0.3 is 0 Å². The van der Waals surface area contributed by atoms with Crippen molar-refractivity contribution in [3.05, 3.63) is 29.8 Å². The monoisotopic (exact) mass is 173 g/mol. The zero-order valence-electron chi connectivity index (χ0n) is 7.27. The van der Waals surface area contributed by atoms with Crippen LogP contribution in [0, 0.1) is 11.3 Å². The van der Waals surface area contributed by atoms with Crippen molar-refractivity contribution in [3.8, 4) is 6.07 Å². The summed E-state index contributed by atoms with van der Waals surface area (Å²) in [5, 5.41) is 8.60. The molecule has 0 saturated carbocycles. The Hall–Kier alpha value is -1.53. The highest BCUT2D eigenvalue weighted by Crippen LogP contribution is 2.26. The average molecular weight is 173 g/mol. The van der Waals surface area contributed by atoms with E-state index in [1.165, 1.54) is 0 Å². The van der Waals surface area contributed by atoms with Crippen molar-refractivity contribution in [2.75, 3.05) is 18.0 Å². The van der Waals surface area contributed by atoms with Crippen molar-refractivity contribution in [1.29, 1.82) is 5.26 Å². The normalized spacial score (nSPS) is 19.7. The number of nitrogens with two attached hydrogens (primary N) is 1. The lowest BCUT2D eigenvalue weighted by Gasteiger charge is -2.03. The molecule has 1 aromatic carbocycles. The van der Waals surface area contributed by atoms with Gasteiger partial charge in [-0.2, -0.15) is 5.26 Å². The molecule has 0 amide bonds. The van der Waals surface area contributed by atoms with Crippen molar-refractivity contribution in [1.82, 2.24) is 0 Å². The smallest absolute Gasteiger partial charge is 0.0991 e. The van der Waals surface area contributed by atoms with Crippen molar-refractivity contribution < 1.29 is 0 Å². The third kappa shape index (κ3) is 1.49. The molecule has 3 heteroatoms. The fourth-order valence-corrected chi connectivity index (χ4v) is 1.43. The molecule has 1 aliphatic rings. The molecule has 1 heterocycles. The zero-order valence-corrected chi connectivity index (χ0v) is 7.27. The summed E-state index contributed by atoms with van der Waals surface area (Å²) in [7, 11) is 0. The largest absolute Gasteiger partial charge is 0.363 e. The molecule has 66 valence electrons. The van der Waals surface area contributed by atoms with E-state index in [1.807, 2.05) is 24.3 Å². The molecule has 0 spiro atoms. The standard InChI is InChI=1S/C10H11N3/c11-5-8-1-3-9(4-2-8)13-7-10(13)6-12/h1-4,10H,6-7,12H2. The lowest BCUT2D eigenvalue weighted by Crippen LogP contribution is -2.11. The fourth-order valence-electron chi connectivity index (χ4n) is 1.43. The van der Waals surface area contributed by atoms with Crippen LogP contribution in [0.4, 0.5) is 5.69 Å². The first-order valence-corrected chi connectivity index (χ1v) is 4.32. The van der Waals surface area contributed by atoms with E-state index in [9.17, 15) is 0 Å². The molecule has 2 N–H and O–H groups in total. The van der Waals surface area contributed by atoms with Crippen LogP contribution in [0.3, 0.4) is 0 Å². The van der Waals surface area contributed by atoms with Crippen molar-refractivity contribution >= 4 is 5.69 Å². The Labute approximate surface area is 77.4 Å². The van der Waals surface area contributed by atoms with Gasteiger partial charge in [0.2, 0.25) is 0 Å². The van der Waals surface area contributed by atoms with Gasteiger partial charge in [0.25, 0.3) is 0 Å². The molecule has 1 aromatic rings. The summed E-state index contributed by atoms with van der Waals surface area (Å²) in [6.07, 6.45) is 0. The van der Waals surface area contributed by atoms with E-state index >= 15 is 0 Å². The van der Waals surface area contributed by atoms with E-state index in [2.05, 4.69) is 11.0 Å². The van der Waals surface area contributed by atoms with Gasteiger partial charge in [-0.3, -0.25) is 0 Å². The number of anilines is 1. The van der Waals surface area contributed by atoms with E-state index in [0.717, 1.165) is 12.2 Å². The van der Waals surface area contributed by atoms with Crippen molar-refractivity contribution in [3.63, 3.8) is 0 Å². The molecule has 0 radical (unpaired) electrons. The van der Waals surface area contributed by atoms with Crippen LogP contribution >= 0.6 is 0 Å². The van der Waals surface area contributed by atoms with Crippen molar-refractivity contribution in [2.45, 2.75) is 6.04 Å². The zero-order chi connectivity index (χ0) is 9.26. The van der Waals surface area contributed by atoms with Crippen molar-refractivity contribution in [2.24, 2.45) is 5.73 Å². The number of rotatable bonds is 2. The van der Waals surface area contributed by atoms with Crippen LogP contribution in [-0.2, 0) is 0 Å². The van der Waals surface area contributed by atoms with Crippen LogP contribution in [0.1, 0.15) is 5.56 Å². The SMILES string of the molecule is N#Cc1ccc(N2CC2CN)cc1. The average Bonchev–Trinajstić information content (AvgIpc) is 2.97. The Morgan fingerprint density at radius 3 is 2.62 bits per heavy atom. The number of hydrogen-bond acceptors (Lipinski definition) is 3. The highest BCUT2D eigenvalue weighted by atomic mass is 15.3. The van der Waals surface area contributed by atoms with Crippen LogP contribution in [0.5, 0.6) is 0 Å². The Bertz CT molecular complexity index is 336. The van der Waals surface area contributed by atoms with Crippen LogP contribution in [0.15, 0.2) is 24.3 Å². The summed E-state index contributed by atoms with van der Waals surface area (Å²) < 4.78 is 0. The third-order valence-electron chi connectivity index (χ3n) is 2.31. The first-order valence-electron chi connectivity index (χ1n) is 4.32. The van der Waals surface area contributed by atoms with E-state index < -0.39 is 0 Å². The molecule has 0 aliphatic carbocycles. The highest BCUT2D eigenvalue weighted by molar-refractivity contribution is 5.55. The Morgan fingerprint density at radius 1 is 1.46 bits per heavy atom. The molecule has 2 rings (SSSR count). The quantitative estimate of drug-likeness (QED) is 0.670. The number of nitriles is 1. The molecular formula is C10H11N3. The summed E-state index contributed by atoms with van der Waals surface area (Å²) >= 11 is 0. The third-order valence-corrected chi connectivity index (χ3v) is 2.31. The van der Waals surface area contributed by atoms with Gasteiger partial charge in [0, 0.05) is 18.8 Å². The summed E-state index contributed by atoms with van der Waals surface area (Å²) in [5.41, 5.74) is 7.39. The summed E-state index contributed by atoms with van der Waals surface area (Å²) in [6.45, 7) is 1.75. The van der Waals surface area contributed by atoms with Crippen LogP contribution in [-0.4, -0.2) is 19.1 Å². The minimum atomic E-state index is 0.507. The number of benzene rings is 1. The van der Waals surface area contributed by atoms with Gasteiger partial charge in [0.1, 0.15) is 0 Å². The molecule has 0 bridgehead atoms. The second-order valence-electron chi connectivity index (χ2n) is 3.20. The van der Waals surface area contributed by atoms with Gasteiger partial charge in [-0.1, -0.05) is 0 Å². The molecule has 0 aromatic heterocycles. The topological polar surface area (TPSA) is 52.8 Å². The van der Waals surface area contributed by atoms with Gasteiger partial charge < -0.3 is 10.6 Å². The molecule has 13 heavy (non-hydrogen) atoms. The van der Waals surface area contributed by atoms with Crippen LogP contribution in [0.2, 0.25) is 0 Å². The van der Waals surface area contributed by atoms with Gasteiger partial charge in [-0.05, 0) is 24.3 Å². The second kappa shape index (κ2) is 3.08. The first-order chi connectivity index (χ1) is 6.35. The number of hydrogen-bond donors (Lipinski definition) is 1. The summed E-state index contributed by atoms with van der Waals surface area (Å²) in [4.78, 5) is 2.22. The van der Waals surface area contributed by atoms with Crippen LogP contribution < -0.4 is 10.6 Å². The van der Waals surface area contributed by atoms with Crippen LogP contribution in [0.25, 0.3) is 0 Å². The molecular weight excluding hydrogens is 162 g/mol. The summed E-state index contributed by atoms with van der Waals surface area (Å²) in [5.74, 6) is 0. The minimum Gasteiger partial charge on any atom is -0.363 e. The summed E-state index contributed by atoms with van der Waals surface area (Å²) in [6, 6.07) is 10.2. The van der Waals surface area contributed by atoms with Gasteiger partial charge in [-0.15, -0.1) is 0 Å². The molecule has 1 unspecified atom stereocenters. The second-order valence-corrected chi connectivity index (χ2v) is 3.20. The van der Waals surface area contributed by atoms with Gasteiger partial charge in [-0.25, -0.2) is 0 Å². The Balaban J connectivity index is 2.12. The predicted octanol–water partition coefficient (Wildman–Crippen LogP) is 0.706. The Kier molecular flexibility index (Phi) is 1.91. The maximum absolute atomic E-state index is 8.60. The molecule has 1 fully saturated rings. The lowest BCUT2D eigenvalue weighted by atomic mass is 10.2. The lowest BCUT2D eigenvalue weighted by molar-refractivity contribution is 0.967. The predicted molar refractivity (Wildman–Crippen MR) is 51.3 cm³/mol. The first kappa shape index (κ1) is 8.09. The van der Waals surface area contributed by atoms with E-state index in [1.54, 1.807) is 0 Å². The maximum Gasteiger partial charge on any atom is 0.0991 e. The minimum absolute atomic E-state index is 0.507. The van der Waals surface area contributed by atoms with E-state index in [-0.39, 0.29) is 0 Å². The number of nitrogens with zero attached hydrogens (tertiary/aromatic N) is 2. The van der Waals surface area contributed by atoms with Gasteiger partial charge in [0.05, 0.1) is 17.7 Å². The Morgan fingerprint density at radius 2 is 2.15 bits per heavy atom. The molecule has 1 aliphatic heterocycles. The van der Waals surface area contributed by atoms with Gasteiger partial charge in [0.15, 0.2) is 0 Å². The molecule has 1 atom stereocenters.